The van der Waals surface area contributed by atoms with Crippen LogP contribution in [0.1, 0.15) is 13.8 Å². The van der Waals surface area contributed by atoms with Gasteiger partial charge in [-0.05, 0) is 28.1 Å². The van der Waals surface area contributed by atoms with Crippen molar-refractivity contribution in [2.75, 3.05) is 18.5 Å². The van der Waals surface area contributed by atoms with Gasteiger partial charge in [0, 0.05) is 29.7 Å². The van der Waals surface area contributed by atoms with E-state index in [0.717, 1.165) is 15.4 Å². The molecule has 0 radical (unpaired) electrons. The second-order valence-corrected chi connectivity index (χ2v) is 6.25. The van der Waals surface area contributed by atoms with Gasteiger partial charge in [-0.1, -0.05) is 13.8 Å². The van der Waals surface area contributed by atoms with E-state index in [0.29, 0.717) is 12.4 Å². The van der Waals surface area contributed by atoms with Gasteiger partial charge in [0.2, 0.25) is 0 Å². The molecular formula is C14H18BrN3O2. The second-order valence-electron chi connectivity index (χ2n) is 5.40. The molecule has 2 aromatic rings. The van der Waals surface area contributed by atoms with Gasteiger partial charge in [0.15, 0.2) is 0 Å². The zero-order valence-corrected chi connectivity index (χ0v) is 13.1. The highest BCUT2D eigenvalue weighted by Gasteiger charge is 2.26. The minimum atomic E-state index is -0.676. The highest BCUT2D eigenvalue weighted by molar-refractivity contribution is 9.10. The van der Waals surface area contributed by atoms with Crippen molar-refractivity contribution >= 4 is 32.7 Å². The van der Waals surface area contributed by atoms with Crippen molar-refractivity contribution in [3.8, 4) is 0 Å². The molecular weight excluding hydrogens is 322 g/mol. The van der Waals surface area contributed by atoms with E-state index in [-0.39, 0.29) is 6.61 Å². The van der Waals surface area contributed by atoms with Gasteiger partial charge in [-0.2, -0.15) is 0 Å². The lowest BCUT2D eigenvalue weighted by atomic mass is 9.87. The van der Waals surface area contributed by atoms with Gasteiger partial charge >= 0.3 is 0 Å². The van der Waals surface area contributed by atoms with E-state index < -0.39 is 11.5 Å². The average Bonchev–Trinajstić information content (AvgIpc) is 2.46. The predicted octanol–water partition coefficient (Wildman–Crippen LogP) is 2.18. The van der Waals surface area contributed by atoms with E-state index in [2.05, 4.69) is 31.2 Å². The topological polar surface area (TPSA) is 78.3 Å². The Hall–Kier alpha value is -1.24. The summed E-state index contributed by atoms with van der Waals surface area (Å²) in [4.78, 5) is 8.62. The fourth-order valence-corrected chi connectivity index (χ4v) is 2.17. The summed E-state index contributed by atoms with van der Waals surface area (Å²) in [7, 11) is 0. The maximum Gasteiger partial charge on any atom is 0.135 e. The molecule has 1 unspecified atom stereocenters. The normalized spacial score (nSPS) is 13.4. The van der Waals surface area contributed by atoms with Crippen LogP contribution in [0.5, 0.6) is 0 Å². The minimum absolute atomic E-state index is 0.0775. The van der Waals surface area contributed by atoms with Crippen molar-refractivity contribution in [1.29, 1.82) is 0 Å². The van der Waals surface area contributed by atoms with Gasteiger partial charge in [-0.25, -0.2) is 4.98 Å². The van der Waals surface area contributed by atoms with Crippen LogP contribution in [0.15, 0.2) is 29.0 Å². The Labute approximate surface area is 126 Å². The number of fused-ring (bicyclic) bond motifs is 1. The highest BCUT2D eigenvalue weighted by atomic mass is 79.9. The zero-order chi connectivity index (χ0) is 14.8. The van der Waals surface area contributed by atoms with Crippen molar-refractivity contribution in [3.05, 3.63) is 29.0 Å². The summed E-state index contributed by atoms with van der Waals surface area (Å²) >= 11 is 3.42. The number of hydrogen-bond donors (Lipinski definition) is 3. The maximum absolute atomic E-state index is 10.1. The molecule has 6 heteroatoms. The van der Waals surface area contributed by atoms with Gasteiger partial charge in [0.05, 0.1) is 22.7 Å². The smallest absolute Gasteiger partial charge is 0.135 e. The Bertz CT molecular complexity index is 604. The van der Waals surface area contributed by atoms with Crippen LogP contribution in [0.2, 0.25) is 0 Å². The molecule has 0 aliphatic rings. The first-order chi connectivity index (χ1) is 9.45. The Morgan fingerprint density at radius 2 is 2.15 bits per heavy atom. The predicted molar refractivity (Wildman–Crippen MR) is 82.6 cm³/mol. The second kappa shape index (κ2) is 6.03. The van der Waals surface area contributed by atoms with Crippen LogP contribution in [-0.4, -0.2) is 39.4 Å². The molecule has 108 valence electrons. The molecule has 2 rings (SSSR count). The Morgan fingerprint density at radius 1 is 1.40 bits per heavy atom. The lowest BCUT2D eigenvalue weighted by molar-refractivity contribution is 0.0165. The Kier molecular flexibility index (Phi) is 4.57. The molecule has 20 heavy (non-hydrogen) atoms. The monoisotopic (exact) mass is 339 g/mol. The molecule has 0 amide bonds. The van der Waals surface area contributed by atoms with Crippen molar-refractivity contribution in [2.24, 2.45) is 5.41 Å². The number of anilines is 1. The number of halogens is 1. The highest BCUT2D eigenvalue weighted by Crippen LogP contribution is 2.26. The molecule has 0 aromatic carbocycles. The van der Waals surface area contributed by atoms with E-state index in [4.69, 9.17) is 0 Å². The van der Waals surface area contributed by atoms with Crippen LogP contribution in [-0.2, 0) is 0 Å². The fraction of sp³-hybridized carbons (Fsp3) is 0.429. The van der Waals surface area contributed by atoms with Gasteiger partial charge < -0.3 is 15.5 Å². The minimum Gasteiger partial charge on any atom is -0.396 e. The third kappa shape index (κ3) is 3.08. The van der Waals surface area contributed by atoms with Crippen molar-refractivity contribution in [3.63, 3.8) is 0 Å². The summed E-state index contributed by atoms with van der Waals surface area (Å²) in [5, 5.41) is 23.3. The SMILES string of the molecule is CC(C)(CO)C(O)CNc1ncc(Br)c2ncccc12. The quantitative estimate of drug-likeness (QED) is 0.778. The molecule has 0 saturated heterocycles. The van der Waals surface area contributed by atoms with Crippen LogP contribution in [0.25, 0.3) is 10.9 Å². The fourth-order valence-electron chi connectivity index (χ4n) is 1.75. The van der Waals surface area contributed by atoms with Crippen LogP contribution in [0, 0.1) is 5.41 Å². The molecule has 5 nitrogen and oxygen atoms in total. The van der Waals surface area contributed by atoms with Gasteiger partial charge in [-0.3, -0.25) is 4.98 Å². The number of rotatable bonds is 5. The van der Waals surface area contributed by atoms with Gasteiger partial charge in [0.1, 0.15) is 5.82 Å². The Balaban J connectivity index is 2.21. The molecule has 0 saturated carbocycles. The molecule has 0 spiro atoms. The number of pyridine rings is 2. The number of aliphatic hydroxyl groups excluding tert-OH is 2. The van der Waals surface area contributed by atoms with Crippen LogP contribution < -0.4 is 5.32 Å². The summed E-state index contributed by atoms with van der Waals surface area (Å²) < 4.78 is 0.829. The summed E-state index contributed by atoms with van der Waals surface area (Å²) in [5.74, 6) is 0.670. The number of hydrogen-bond acceptors (Lipinski definition) is 5. The summed E-state index contributed by atoms with van der Waals surface area (Å²) in [6.07, 6.45) is 2.73. The molecule has 2 aromatic heterocycles. The Morgan fingerprint density at radius 3 is 2.85 bits per heavy atom. The number of aromatic nitrogens is 2. The first-order valence-electron chi connectivity index (χ1n) is 6.38. The van der Waals surface area contributed by atoms with E-state index in [1.807, 2.05) is 26.0 Å². The van der Waals surface area contributed by atoms with E-state index in [1.165, 1.54) is 0 Å². The standard InChI is InChI=1S/C14H18BrN3O2/c1-14(2,8-19)11(20)7-18-13-9-4-3-5-16-12(9)10(15)6-17-13/h3-6,11,19-20H,7-8H2,1-2H3,(H,17,18). The lowest BCUT2D eigenvalue weighted by Crippen LogP contribution is -2.38. The zero-order valence-electron chi connectivity index (χ0n) is 11.5. The summed E-state index contributed by atoms with van der Waals surface area (Å²) in [5.41, 5.74) is 0.261. The lowest BCUT2D eigenvalue weighted by Gasteiger charge is -2.28. The molecule has 0 bridgehead atoms. The van der Waals surface area contributed by atoms with Gasteiger partial charge in [0.25, 0.3) is 0 Å². The number of nitrogens with one attached hydrogen (secondary N) is 1. The average molecular weight is 340 g/mol. The summed E-state index contributed by atoms with van der Waals surface area (Å²) in [6, 6.07) is 3.77. The first kappa shape index (κ1) is 15.2. The molecule has 3 N–H and O–H groups in total. The van der Waals surface area contributed by atoms with Crippen molar-refractivity contribution < 1.29 is 10.2 Å². The third-order valence-electron chi connectivity index (χ3n) is 3.37. The molecule has 0 fully saturated rings. The largest absolute Gasteiger partial charge is 0.396 e. The van der Waals surface area contributed by atoms with Crippen LogP contribution in [0.4, 0.5) is 5.82 Å². The maximum atomic E-state index is 10.1. The number of aliphatic hydroxyl groups is 2. The first-order valence-corrected chi connectivity index (χ1v) is 7.17. The van der Waals surface area contributed by atoms with Gasteiger partial charge in [-0.15, -0.1) is 0 Å². The van der Waals surface area contributed by atoms with E-state index >= 15 is 0 Å². The van der Waals surface area contributed by atoms with E-state index in [1.54, 1.807) is 12.4 Å². The molecule has 0 aliphatic heterocycles. The van der Waals surface area contributed by atoms with Crippen molar-refractivity contribution in [1.82, 2.24) is 9.97 Å². The van der Waals surface area contributed by atoms with Crippen LogP contribution >= 0.6 is 15.9 Å². The summed E-state index contributed by atoms with van der Waals surface area (Å²) in [6.45, 7) is 3.86. The number of nitrogens with zero attached hydrogens (tertiary/aromatic N) is 2. The molecule has 1 atom stereocenters. The van der Waals surface area contributed by atoms with Crippen LogP contribution in [0.3, 0.4) is 0 Å². The molecule has 0 aliphatic carbocycles. The van der Waals surface area contributed by atoms with E-state index in [9.17, 15) is 10.2 Å². The molecule has 2 heterocycles. The van der Waals surface area contributed by atoms with Crippen molar-refractivity contribution in [2.45, 2.75) is 20.0 Å². The third-order valence-corrected chi connectivity index (χ3v) is 3.95.